The van der Waals surface area contributed by atoms with E-state index in [-0.39, 0.29) is 17.1 Å². The summed E-state index contributed by atoms with van der Waals surface area (Å²) in [5, 5.41) is 25.5. The number of rotatable bonds is 4. The Kier molecular flexibility index (Phi) is 4.52. The second kappa shape index (κ2) is 6.92. The van der Waals surface area contributed by atoms with Crippen LogP contribution in [0.25, 0.3) is 10.8 Å². The molecule has 6 nitrogen and oxygen atoms in total. The zero-order valence-corrected chi connectivity index (χ0v) is 13.4. The number of hydrazone groups is 1. The average Bonchev–Trinajstić information content (AvgIpc) is 2.62. The topological polar surface area (TPSA) is 91.2 Å². The van der Waals surface area contributed by atoms with Gasteiger partial charge in [0.05, 0.1) is 18.9 Å². The van der Waals surface area contributed by atoms with Crippen LogP contribution >= 0.6 is 0 Å². The van der Waals surface area contributed by atoms with Crippen molar-refractivity contribution in [1.82, 2.24) is 5.43 Å². The molecule has 0 atom stereocenters. The van der Waals surface area contributed by atoms with E-state index in [0.717, 1.165) is 10.8 Å². The Morgan fingerprint density at radius 3 is 2.52 bits per heavy atom. The minimum absolute atomic E-state index is 0.0726. The lowest BCUT2D eigenvalue weighted by Gasteiger charge is -2.06. The highest BCUT2D eigenvalue weighted by Gasteiger charge is 2.12. The van der Waals surface area contributed by atoms with Crippen LogP contribution in [0.1, 0.15) is 15.9 Å². The molecule has 0 heterocycles. The highest BCUT2D eigenvalue weighted by molar-refractivity contribution is 6.01. The van der Waals surface area contributed by atoms with E-state index in [1.54, 1.807) is 24.3 Å². The highest BCUT2D eigenvalue weighted by Crippen LogP contribution is 2.28. The maximum Gasteiger partial charge on any atom is 0.275 e. The van der Waals surface area contributed by atoms with E-state index >= 15 is 0 Å². The van der Waals surface area contributed by atoms with Gasteiger partial charge in [0.2, 0.25) is 0 Å². The fraction of sp³-hybridized carbons (Fsp3) is 0.0526. The normalized spacial score (nSPS) is 10.9. The Morgan fingerprint density at radius 1 is 1.08 bits per heavy atom. The van der Waals surface area contributed by atoms with Crippen molar-refractivity contribution in [3.63, 3.8) is 0 Å². The first kappa shape index (κ1) is 16.3. The molecule has 126 valence electrons. The monoisotopic (exact) mass is 336 g/mol. The molecule has 0 bridgehead atoms. The molecule has 3 aromatic carbocycles. The molecule has 0 unspecified atom stereocenters. The van der Waals surface area contributed by atoms with Crippen LogP contribution in [0.4, 0.5) is 0 Å². The molecule has 0 aliphatic carbocycles. The summed E-state index contributed by atoms with van der Waals surface area (Å²) in [5.74, 6) is -0.448. The number of aromatic hydroxyl groups is 2. The quantitative estimate of drug-likeness (QED) is 0.504. The van der Waals surface area contributed by atoms with E-state index in [1.165, 1.54) is 19.4 Å². The molecular weight excluding hydrogens is 320 g/mol. The Morgan fingerprint density at radius 2 is 1.80 bits per heavy atom. The number of hydrogen-bond donors (Lipinski definition) is 3. The van der Waals surface area contributed by atoms with Gasteiger partial charge in [-0.3, -0.25) is 4.79 Å². The van der Waals surface area contributed by atoms with E-state index in [2.05, 4.69) is 10.5 Å². The van der Waals surface area contributed by atoms with E-state index < -0.39 is 5.91 Å². The summed E-state index contributed by atoms with van der Waals surface area (Å²) in [6, 6.07) is 15.5. The van der Waals surface area contributed by atoms with Crippen molar-refractivity contribution >= 4 is 22.9 Å². The summed E-state index contributed by atoms with van der Waals surface area (Å²) in [7, 11) is 1.44. The maximum atomic E-state index is 12.2. The molecule has 0 spiro atoms. The SMILES string of the molecule is COc1cccc(/C=N/NC(=O)c2cc3ccccc3cc2O)c1O. The van der Waals surface area contributed by atoms with Crippen LogP contribution in [0.5, 0.6) is 17.2 Å². The summed E-state index contributed by atoms with van der Waals surface area (Å²) in [5.41, 5.74) is 2.84. The third kappa shape index (κ3) is 3.37. The molecule has 6 heteroatoms. The lowest BCUT2D eigenvalue weighted by molar-refractivity contribution is 0.0952. The summed E-state index contributed by atoms with van der Waals surface area (Å²) >= 11 is 0. The largest absolute Gasteiger partial charge is 0.507 e. The minimum Gasteiger partial charge on any atom is -0.507 e. The summed E-state index contributed by atoms with van der Waals surface area (Å²) in [6.07, 6.45) is 1.30. The molecule has 0 saturated carbocycles. The molecular formula is C19H16N2O4. The number of hydrogen-bond acceptors (Lipinski definition) is 5. The van der Waals surface area contributed by atoms with Gasteiger partial charge in [-0.15, -0.1) is 0 Å². The first-order valence-corrected chi connectivity index (χ1v) is 7.51. The third-order valence-electron chi connectivity index (χ3n) is 3.73. The molecule has 1 amide bonds. The van der Waals surface area contributed by atoms with Gasteiger partial charge in [0.25, 0.3) is 5.91 Å². The number of phenols is 2. The van der Waals surface area contributed by atoms with Gasteiger partial charge in [-0.25, -0.2) is 5.43 Å². The maximum absolute atomic E-state index is 12.2. The van der Waals surface area contributed by atoms with E-state index in [1.807, 2.05) is 24.3 Å². The predicted octanol–water partition coefficient (Wildman–Crippen LogP) is 3.02. The Bertz CT molecular complexity index is 967. The van der Waals surface area contributed by atoms with Crippen molar-refractivity contribution in [2.75, 3.05) is 7.11 Å². The number of carbonyl (C=O) groups is 1. The van der Waals surface area contributed by atoms with Crippen LogP contribution in [0.3, 0.4) is 0 Å². The number of methoxy groups -OCH3 is 1. The number of fused-ring (bicyclic) bond motifs is 1. The van der Waals surface area contributed by atoms with Crippen molar-refractivity contribution in [2.45, 2.75) is 0 Å². The molecule has 0 fully saturated rings. The van der Waals surface area contributed by atoms with Gasteiger partial charge < -0.3 is 14.9 Å². The first-order valence-electron chi connectivity index (χ1n) is 7.51. The molecule has 3 aromatic rings. The molecule has 3 rings (SSSR count). The first-order chi connectivity index (χ1) is 12.1. The van der Waals surface area contributed by atoms with Crippen molar-refractivity contribution in [2.24, 2.45) is 5.10 Å². The fourth-order valence-electron chi connectivity index (χ4n) is 2.44. The van der Waals surface area contributed by atoms with Crippen LogP contribution in [0, 0.1) is 0 Å². The number of para-hydroxylation sites is 1. The Hall–Kier alpha value is -3.54. The van der Waals surface area contributed by atoms with Crippen molar-refractivity contribution in [1.29, 1.82) is 0 Å². The van der Waals surface area contributed by atoms with Crippen LogP contribution in [0.2, 0.25) is 0 Å². The van der Waals surface area contributed by atoms with Crippen LogP contribution in [0.15, 0.2) is 59.7 Å². The molecule has 0 aliphatic rings. The zero-order valence-electron chi connectivity index (χ0n) is 13.4. The smallest absolute Gasteiger partial charge is 0.275 e. The van der Waals surface area contributed by atoms with Gasteiger partial charge in [0, 0.05) is 5.56 Å². The second-order valence-electron chi connectivity index (χ2n) is 5.31. The van der Waals surface area contributed by atoms with Gasteiger partial charge in [-0.2, -0.15) is 5.10 Å². The lowest BCUT2D eigenvalue weighted by Crippen LogP contribution is -2.17. The van der Waals surface area contributed by atoms with Crippen molar-refractivity contribution < 1.29 is 19.7 Å². The number of amides is 1. The highest BCUT2D eigenvalue weighted by atomic mass is 16.5. The van der Waals surface area contributed by atoms with E-state index in [0.29, 0.717) is 11.3 Å². The Labute approximate surface area is 144 Å². The van der Waals surface area contributed by atoms with E-state index in [9.17, 15) is 15.0 Å². The minimum atomic E-state index is -0.554. The standard InChI is InChI=1S/C19H16N2O4/c1-25-17-8-4-7-14(18(17)23)11-20-21-19(24)15-9-12-5-2-3-6-13(12)10-16(15)22/h2-11,22-23H,1H3,(H,21,24)/b20-11+. The van der Waals surface area contributed by atoms with Crippen molar-refractivity contribution in [3.8, 4) is 17.2 Å². The lowest BCUT2D eigenvalue weighted by atomic mass is 10.1. The number of benzene rings is 3. The summed E-state index contributed by atoms with van der Waals surface area (Å²) < 4.78 is 5.01. The number of phenolic OH excluding ortho intramolecular Hbond substituents is 2. The van der Waals surface area contributed by atoms with Crippen molar-refractivity contribution in [3.05, 3.63) is 65.7 Å². The van der Waals surface area contributed by atoms with Gasteiger partial charge in [-0.05, 0) is 35.0 Å². The molecule has 0 aromatic heterocycles. The molecule has 3 N–H and O–H groups in total. The molecule has 0 aliphatic heterocycles. The second-order valence-corrected chi connectivity index (χ2v) is 5.31. The number of nitrogens with one attached hydrogen (secondary N) is 1. The van der Waals surface area contributed by atoms with Crippen LogP contribution in [-0.4, -0.2) is 29.4 Å². The van der Waals surface area contributed by atoms with Gasteiger partial charge in [0.15, 0.2) is 11.5 Å². The number of carbonyl (C=O) groups excluding carboxylic acids is 1. The third-order valence-corrected chi connectivity index (χ3v) is 3.73. The van der Waals surface area contributed by atoms with Crippen LogP contribution < -0.4 is 10.2 Å². The zero-order chi connectivity index (χ0) is 17.8. The number of nitrogens with zero attached hydrogens (tertiary/aromatic N) is 1. The summed E-state index contributed by atoms with van der Waals surface area (Å²) in [4.78, 5) is 12.2. The average molecular weight is 336 g/mol. The predicted molar refractivity (Wildman–Crippen MR) is 95.3 cm³/mol. The molecule has 25 heavy (non-hydrogen) atoms. The Balaban J connectivity index is 1.80. The van der Waals surface area contributed by atoms with E-state index in [4.69, 9.17) is 4.74 Å². The number of ether oxygens (including phenoxy) is 1. The fourth-order valence-corrected chi connectivity index (χ4v) is 2.44. The van der Waals surface area contributed by atoms with Crippen LogP contribution in [-0.2, 0) is 0 Å². The molecule has 0 saturated heterocycles. The van der Waals surface area contributed by atoms with Gasteiger partial charge in [0.1, 0.15) is 5.75 Å². The molecule has 0 radical (unpaired) electrons. The summed E-state index contributed by atoms with van der Waals surface area (Å²) in [6.45, 7) is 0. The van der Waals surface area contributed by atoms with Gasteiger partial charge >= 0.3 is 0 Å². The van der Waals surface area contributed by atoms with Gasteiger partial charge in [-0.1, -0.05) is 30.3 Å².